The van der Waals surface area contributed by atoms with Crippen molar-refractivity contribution in [1.82, 2.24) is 10.5 Å². The van der Waals surface area contributed by atoms with Crippen LogP contribution in [-0.4, -0.2) is 18.2 Å². The number of carbonyl (C=O) groups is 1. The monoisotopic (exact) mass is 274 g/mol. The van der Waals surface area contributed by atoms with E-state index in [4.69, 9.17) is 4.52 Å². The van der Waals surface area contributed by atoms with E-state index < -0.39 is 0 Å². The van der Waals surface area contributed by atoms with Crippen molar-refractivity contribution in [2.45, 2.75) is 26.9 Å². The summed E-state index contributed by atoms with van der Waals surface area (Å²) in [6, 6.07) is 7.34. The molecule has 0 fully saturated rings. The van der Waals surface area contributed by atoms with Crippen LogP contribution >= 0.6 is 0 Å². The lowest BCUT2D eigenvalue weighted by molar-refractivity contribution is 0.0600. The van der Waals surface area contributed by atoms with Gasteiger partial charge in [0, 0.05) is 18.7 Å². The maximum Gasteiger partial charge on any atom is 0.337 e. The minimum absolute atomic E-state index is 0.319. The Kier molecular flexibility index (Phi) is 4.53. The molecular formula is C15H18N2O3. The molecule has 106 valence electrons. The number of nitrogens with zero attached hydrogens (tertiary/aromatic N) is 1. The fourth-order valence-electron chi connectivity index (χ4n) is 1.96. The van der Waals surface area contributed by atoms with Crippen LogP contribution in [0.4, 0.5) is 0 Å². The Morgan fingerprint density at radius 3 is 2.50 bits per heavy atom. The molecule has 0 bridgehead atoms. The van der Waals surface area contributed by atoms with Gasteiger partial charge < -0.3 is 14.6 Å². The summed E-state index contributed by atoms with van der Waals surface area (Å²) >= 11 is 0. The van der Waals surface area contributed by atoms with E-state index in [0.29, 0.717) is 18.7 Å². The quantitative estimate of drug-likeness (QED) is 0.848. The van der Waals surface area contributed by atoms with Gasteiger partial charge in [-0.1, -0.05) is 17.3 Å². The first-order chi connectivity index (χ1) is 9.61. The zero-order valence-corrected chi connectivity index (χ0v) is 11.9. The van der Waals surface area contributed by atoms with Crippen LogP contribution in [-0.2, 0) is 17.8 Å². The van der Waals surface area contributed by atoms with Crippen molar-refractivity contribution in [2.75, 3.05) is 7.11 Å². The number of esters is 1. The van der Waals surface area contributed by atoms with Crippen molar-refractivity contribution in [1.29, 1.82) is 0 Å². The normalized spacial score (nSPS) is 10.6. The fraction of sp³-hybridized carbons (Fsp3) is 0.333. The third-order valence-electron chi connectivity index (χ3n) is 3.19. The van der Waals surface area contributed by atoms with Gasteiger partial charge in [0.05, 0.1) is 18.4 Å². The largest absolute Gasteiger partial charge is 0.465 e. The predicted molar refractivity (Wildman–Crippen MR) is 74.3 cm³/mol. The topological polar surface area (TPSA) is 64.4 Å². The third-order valence-corrected chi connectivity index (χ3v) is 3.19. The summed E-state index contributed by atoms with van der Waals surface area (Å²) in [6.45, 7) is 5.26. The highest BCUT2D eigenvalue weighted by molar-refractivity contribution is 5.89. The second kappa shape index (κ2) is 6.34. The summed E-state index contributed by atoms with van der Waals surface area (Å²) in [7, 11) is 1.38. The summed E-state index contributed by atoms with van der Waals surface area (Å²) in [6.07, 6.45) is 0. The lowest BCUT2D eigenvalue weighted by Gasteiger charge is -2.05. The van der Waals surface area contributed by atoms with E-state index in [9.17, 15) is 4.79 Å². The molecule has 0 saturated carbocycles. The van der Waals surface area contributed by atoms with Gasteiger partial charge in [-0.05, 0) is 31.5 Å². The minimum atomic E-state index is -0.319. The van der Waals surface area contributed by atoms with Gasteiger partial charge in [0.2, 0.25) is 0 Å². The van der Waals surface area contributed by atoms with Crippen LogP contribution in [0, 0.1) is 13.8 Å². The van der Waals surface area contributed by atoms with E-state index in [1.54, 1.807) is 12.1 Å². The van der Waals surface area contributed by atoms with Gasteiger partial charge >= 0.3 is 5.97 Å². The van der Waals surface area contributed by atoms with Crippen LogP contribution < -0.4 is 5.32 Å². The molecule has 20 heavy (non-hydrogen) atoms. The summed E-state index contributed by atoms with van der Waals surface area (Å²) in [5, 5.41) is 7.25. The number of hydrogen-bond acceptors (Lipinski definition) is 5. The molecule has 0 atom stereocenters. The molecule has 0 unspecified atom stereocenters. The Balaban J connectivity index is 1.90. The van der Waals surface area contributed by atoms with Crippen LogP contribution in [0.5, 0.6) is 0 Å². The van der Waals surface area contributed by atoms with Crippen LogP contribution in [0.25, 0.3) is 0 Å². The molecule has 0 aliphatic heterocycles. The zero-order valence-electron chi connectivity index (χ0n) is 11.9. The lowest BCUT2D eigenvalue weighted by Crippen LogP contribution is -2.13. The maximum absolute atomic E-state index is 11.3. The van der Waals surface area contributed by atoms with Crippen molar-refractivity contribution in [3.8, 4) is 0 Å². The molecule has 2 aromatic rings. The van der Waals surface area contributed by atoms with Crippen molar-refractivity contribution in [2.24, 2.45) is 0 Å². The molecule has 5 nitrogen and oxygen atoms in total. The highest BCUT2D eigenvalue weighted by atomic mass is 16.5. The molecule has 0 amide bonds. The molecular weight excluding hydrogens is 256 g/mol. The van der Waals surface area contributed by atoms with Crippen molar-refractivity contribution >= 4 is 5.97 Å². The minimum Gasteiger partial charge on any atom is -0.465 e. The Hall–Kier alpha value is -2.14. The van der Waals surface area contributed by atoms with Gasteiger partial charge in [-0.15, -0.1) is 0 Å². The molecule has 0 saturated heterocycles. The van der Waals surface area contributed by atoms with Gasteiger partial charge in [-0.3, -0.25) is 0 Å². The molecule has 1 heterocycles. The number of aryl methyl sites for hydroxylation is 2. The predicted octanol–water partition coefficient (Wildman–Crippen LogP) is 2.37. The summed E-state index contributed by atoms with van der Waals surface area (Å²) in [4.78, 5) is 11.3. The van der Waals surface area contributed by atoms with E-state index in [2.05, 4.69) is 15.2 Å². The van der Waals surface area contributed by atoms with Crippen molar-refractivity contribution in [3.05, 3.63) is 52.4 Å². The van der Waals surface area contributed by atoms with Crippen molar-refractivity contribution < 1.29 is 14.1 Å². The van der Waals surface area contributed by atoms with E-state index in [1.807, 2.05) is 26.0 Å². The highest BCUT2D eigenvalue weighted by Crippen LogP contribution is 2.12. The Labute approximate surface area is 117 Å². The second-order valence-electron chi connectivity index (χ2n) is 4.59. The molecule has 1 aromatic heterocycles. The summed E-state index contributed by atoms with van der Waals surface area (Å²) in [5.41, 5.74) is 3.67. The van der Waals surface area contributed by atoms with Crippen LogP contribution in [0.15, 0.2) is 28.8 Å². The molecule has 2 rings (SSSR count). The second-order valence-corrected chi connectivity index (χ2v) is 4.59. The average Bonchev–Trinajstić information content (AvgIpc) is 2.79. The standard InChI is InChI=1S/C15H18N2O3/c1-10-14(11(2)20-17-10)9-16-8-12-4-6-13(7-5-12)15(18)19-3/h4-7,16H,8-9H2,1-3H3. The number of carbonyl (C=O) groups excluding carboxylic acids is 1. The Morgan fingerprint density at radius 1 is 1.25 bits per heavy atom. The lowest BCUT2D eigenvalue weighted by atomic mass is 10.1. The zero-order chi connectivity index (χ0) is 14.5. The SMILES string of the molecule is COC(=O)c1ccc(CNCc2c(C)noc2C)cc1. The smallest absolute Gasteiger partial charge is 0.337 e. The first kappa shape index (κ1) is 14.3. The van der Waals surface area contributed by atoms with Crippen LogP contribution in [0.3, 0.4) is 0 Å². The first-order valence-electron chi connectivity index (χ1n) is 6.41. The first-order valence-corrected chi connectivity index (χ1v) is 6.41. The molecule has 0 aliphatic carbocycles. The van der Waals surface area contributed by atoms with Gasteiger partial charge in [0.1, 0.15) is 5.76 Å². The third kappa shape index (κ3) is 3.24. The fourth-order valence-corrected chi connectivity index (χ4v) is 1.96. The molecule has 0 aliphatic rings. The number of methoxy groups -OCH3 is 1. The van der Waals surface area contributed by atoms with Gasteiger partial charge in [-0.2, -0.15) is 0 Å². The van der Waals surface area contributed by atoms with E-state index >= 15 is 0 Å². The Morgan fingerprint density at radius 2 is 1.95 bits per heavy atom. The number of rotatable bonds is 5. The van der Waals surface area contributed by atoms with Crippen molar-refractivity contribution in [3.63, 3.8) is 0 Å². The molecule has 0 radical (unpaired) electrons. The average molecular weight is 274 g/mol. The van der Waals surface area contributed by atoms with E-state index in [1.165, 1.54) is 7.11 Å². The Bertz CT molecular complexity index is 568. The number of nitrogens with one attached hydrogen (secondary N) is 1. The highest BCUT2D eigenvalue weighted by Gasteiger charge is 2.08. The molecule has 1 aromatic carbocycles. The number of benzene rings is 1. The van der Waals surface area contributed by atoms with Crippen LogP contribution in [0.1, 0.15) is 32.9 Å². The number of aromatic nitrogens is 1. The summed E-state index contributed by atoms with van der Waals surface area (Å²) < 4.78 is 9.77. The number of ether oxygens (including phenoxy) is 1. The number of hydrogen-bond donors (Lipinski definition) is 1. The molecule has 0 spiro atoms. The van der Waals surface area contributed by atoms with Crippen LogP contribution in [0.2, 0.25) is 0 Å². The van der Waals surface area contributed by atoms with Gasteiger partial charge in [0.25, 0.3) is 0 Å². The molecule has 1 N–H and O–H groups in total. The van der Waals surface area contributed by atoms with Gasteiger partial charge in [-0.25, -0.2) is 4.79 Å². The molecule has 5 heteroatoms. The van der Waals surface area contributed by atoms with E-state index in [-0.39, 0.29) is 5.97 Å². The maximum atomic E-state index is 11.3. The van der Waals surface area contributed by atoms with E-state index in [0.717, 1.165) is 22.6 Å². The van der Waals surface area contributed by atoms with Gasteiger partial charge in [0.15, 0.2) is 0 Å². The summed E-state index contributed by atoms with van der Waals surface area (Å²) in [5.74, 6) is 0.524.